The van der Waals surface area contributed by atoms with Crippen LogP contribution in [0.5, 0.6) is 11.6 Å². The number of aliphatic hydroxyl groups excluding tert-OH is 1. The lowest BCUT2D eigenvalue weighted by atomic mass is 9.87. The van der Waals surface area contributed by atoms with Crippen LogP contribution in [0.25, 0.3) is 10.8 Å². The Balaban J connectivity index is 1.22. The van der Waals surface area contributed by atoms with E-state index in [0.717, 1.165) is 18.2 Å². The van der Waals surface area contributed by atoms with E-state index in [1.807, 2.05) is 19.1 Å². The summed E-state index contributed by atoms with van der Waals surface area (Å²) in [5, 5.41) is 17.6. The molecule has 5 fully saturated rings. The fraction of sp³-hybridized carbons (Fsp3) is 0.683. The fourth-order valence-electron chi connectivity index (χ4n) is 8.30. The van der Waals surface area contributed by atoms with Gasteiger partial charge in [0.2, 0.25) is 33.3 Å². The number of amides is 4. The number of aromatic nitrogens is 1. The molecule has 0 spiro atoms. The van der Waals surface area contributed by atoms with Crippen molar-refractivity contribution in [1.29, 1.82) is 0 Å². The van der Waals surface area contributed by atoms with Crippen LogP contribution in [0.4, 0.5) is 18.0 Å². The molecule has 3 aliphatic carbocycles. The second-order valence-electron chi connectivity index (χ2n) is 18.3. The molecule has 60 heavy (non-hydrogen) atoms. The predicted octanol–water partition coefficient (Wildman–Crippen LogP) is 4.64. The molecule has 7 rings (SSSR count). The van der Waals surface area contributed by atoms with Crippen molar-refractivity contribution in [1.82, 2.24) is 25.2 Å². The van der Waals surface area contributed by atoms with Crippen molar-refractivity contribution >= 4 is 44.6 Å². The molecule has 3 saturated carbocycles. The lowest BCUT2D eigenvalue weighted by Gasteiger charge is -2.34. The van der Waals surface area contributed by atoms with Gasteiger partial charge in [-0.1, -0.05) is 32.0 Å². The number of hydrogen-bond donors (Lipinski definition) is 4. The molecule has 1 aromatic heterocycles. The van der Waals surface area contributed by atoms with Gasteiger partial charge in [0.25, 0.3) is 5.91 Å². The number of benzene rings is 1. The van der Waals surface area contributed by atoms with E-state index in [9.17, 15) is 45.9 Å². The van der Waals surface area contributed by atoms with Gasteiger partial charge >= 0.3 is 12.3 Å². The number of alkyl carbamates (subject to hydrolysis) is 1. The Bertz CT molecular complexity index is 2130. The largest absolute Gasteiger partial charge is 0.488 e. The Morgan fingerprint density at radius 1 is 0.983 bits per heavy atom. The number of carbonyl (C=O) groups excluding carboxylic acids is 4. The average Bonchev–Trinajstić information content (AvgIpc) is 4.12. The number of alkyl halides is 3. The number of fused-ring (bicyclic) bond motifs is 3. The number of nitrogens with zero attached hydrogens (tertiary/aromatic N) is 2. The standard InChI is InChI=1S/C41H54F3N5O10S/c1-22-10-11-25(50)17-24-19-40(24,36(53)48-60(55,56)39(5)14-15-39)47-33(51)30-18-27(58-34-29-9-7-6-8-28(29)31(20-45-34)57-26-12-13-26)21-49(30)35(52)32(23(2)16-22)46-37(54)59-38(3,4)41(42,43)44/h6-9,20,22-27,30,32,50H,10-19,21H2,1-5H3,(H,46,54)(H,47,51)(H,48,53)/t22-,23-,24-,25?,27-,30+,32+,40-/m1/s1. The smallest absolute Gasteiger partial charge is 0.427 e. The average molecular weight is 866 g/mol. The summed E-state index contributed by atoms with van der Waals surface area (Å²) in [4.78, 5) is 62.3. The number of rotatable bonds is 9. The Morgan fingerprint density at radius 2 is 1.67 bits per heavy atom. The molecular formula is C41H54F3N5O10S. The van der Waals surface area contributed by atoms with Gasteiger partial charge in [0.15, 0.2) is 0 Å². The topological polar surface area (TPSA) is 203 Å². The number of nitrogens with one attached hydrogen (secondary N) is 3. The molecule has 8 atom stereocenters. The Hall–Kier alpha value is -4.39. The van der Waals surface area contributed by atoms with Crippen LogP contribution in [0.2, 0.25) is 0 Å². The van der Waals surface area contributed by atoms with Gasteiger partial charge in [-0.05, 0) is 102 Å². The van der Waals surface area contributed by atoms with Gasteiger partial charge in [0.05, 0.1) is 29.7 Å². The number of pyridine rings is 1. The summed E-state index contributed by atoms with van der Waals surface area (Å²) < 4.78 is 86.1. The summed E-state index contributed by atoms with van der Waals surface area (Å²) in [6.07, 6.45) is -3.11. The molecule has 0 bridgehead atoms. The van der Waals surface area contributed by atoms with Gasteiger partial charge in [-0.3, -0.25) is 19.1 Å². The molecule has 4 amide bonds. The maximum Gasteiger partial charge on any atom is 0.427 e. The van der Waals surface area contributed by atoms with E-state index >= 15 is 0 Å². The second kappa shape index (κ2) is 15.8. The summed E-state index contributed by atoms with van der Waals surface area (Å²) >= 11 is 0. The van der Waals surface area contributed by atoms with Gasteiger partial charge in [0, 0.05) is 17.2 Å². The van der Waals surface area contributed by atoms with Crippen LogP contribution in [0.3, 0.4) is 0 Å². The van der Waals surface area contributed by atoms with Crippen molar-refractivity contribution < 1.29 is 60.1 Å². The maximum absolute atomic E-state index is 14.8. The minimum Gasteiger partial charge on any atom is -0.488 e. The Morgan fingerprint density at radius 3 is 2.32 bits per heavy atom. The normalized spacial score (nSPS) is 31.1. The third kappa shape index (κ3) is 8.97. The van der Waals surface area contributed by atoms with E-state index in [2.05, 4.69) is 20.3 Å². The molecule has 2 aliphatic heterocycles. The molecule has 19 heteroatoms. The van der Waals surface area contributed by atoms with Gasteiger partial charge < -0.3 is 34.9 Å². The predicted molar refractivity (Wildman–Crippen MR) is 210 cm³/mol. The number of halogens is 3. The number of carbonyl (C=O) groups is 4. The van der Waals surface area contributed by atoms with Crippen molar-refractivity contribution in [3.63, 3.8) is 0 Å². The van der Waals surface area contributed by atoms with E-state index in [-0.39, 0.29) is 56.6 Å². The van der Waals surface area contributed by atoms with E-state index in [4.69, 9.17) is 14.2 Å². The molecular weight excluding hydrogens is 812 g/mol. The maximum atomic E-state index is 14.8. The molecule has 3 heterocycles. The first-order valence-electron chi connectivity index (χ1n) is 20.7. The third-order valence-electron chi connectivity index (χ3n) is 12.8. The first kappa shape index (κ1) is 43.7. The Labute approximate surface area is 346 Å². The molecule has 5 aliphatic rings. The van der Waals surface area contributed by atoms with Crippen molar-refractivity contribution in [2.24, 2.45) is 17.8 Å². The SMILES string of the molecule is C[C@@H]1CCC(O)C[C@@H]2C[C@@]2(C(=O)NS(=O)(=O)C2(C)CC2)NC(=O)[C@@H]2C[C@@H](Oc3ncc(OC4CC4)c4ccccc34)CN2C(=O)[C@@H](NC(=O)OC(C)(C)C(F)(F)F)[C@H](C)C1. The quantitative estimate of drug-likeness (QED) is 0.274. The van der Waals surface area contributed by atoms with Crippen LogP contribution in [-0.2, 0) is 29.1 Å². The van der Waals surface area contributed by atoms with Crippen LogP contribution in [-0.4, -0.2) is 106 Å². The highest BCUT2D eigenvalue weighted by molar-refractivity contribution is 7.91. The van der Waals surface area contributed by atoms with Crippen LogP contribution in [0, 0.1) is 17.8 Å². The lowest BCUT2D eigenvalue weighted by Crippen LogP contribution is -2.60. The zero-order valence-corrected chi connectivity index (χ0v) is 35.2. The van der Waals surface area contributed by atoms with Crippen molar-refractivity contribution in [2.75, 3.05) is 6.54 Å². The minimum absolute atomic E-state index is 0.0250. The molecule has 4 N–H and O–H groups in total. The summed E-state index contributed by atoms with van der Waals surface area (Å²) in [6.45, 7) is 6.17. The summed E-state index contributed by atoms with van der Waals surface area (Å²) in [5.74, 6) is -3.32. The van der Waals surface area contributed by atoms with Crippen molar-refractivity contribution in [3.05, 3.63) is 30.5 Å². The van der Waals surface area contributed by atoms with E-state index in [0.29, 0.717) is 44.2 Å². The molecule has 2 saturated heterocycles. The highest BCUT2D eigenvalue weighted by atomic mass is 32.2. The molecule has 2 aromatic rings. The van der Waals surface area contributed by atoms with Gasteiger partial charge in [-0.2, -0.15) is 13.2 Å². The van der Waals surface area contributed by atoms with E-state index in [1.165, 1.54) is 11.8 Å². The summed E-state index contributed by atoms with van der Waals surface area (Å²) in [5.41, 5.74) is -4.64. The van der Waals surface area contributed by atoms with Crippen LogP contribution < -0.4 is 24.8 Å². The molecule has 1 unspecified atom stereocenters. The number of ether oxygens (including phenoxy) is 3. The minimum atomic E-state index is -4.93. The van der Waals surface area contributed by atoms with Gasteiger partial charge in [0.1, 0.15) is 29.5 Å². The van der Waals surface area contributed by atoms with Crippen molar-refractivity contribution in [2.45, 2.75) is 151 Å². The van der Waals surface area contributed by atoms with Crippen molar-refractivity contribution in [3.8, 4) is 11.6 Å². The number of sulfonamides is 1. The third-order valence-corrected chi connectivity index (χ3v) is 15.0. The number of aliphatic hydroxyl groups is 1. The molecule has 0 radical (unpaired) electrons. The number of hydrogen-bond acceptors (Lipinski definition) is 11. The highest BCUT2D eigenvalue weighted by Gasteiger charge is 2.64. The molecule has 15 nitrogen and oxygen atoms in total. The Kier molecular flexibility index (Phi) is 11.5. The second-order valence-corrected chi connectivity index (χ2v) is 20.5. The molecule has 330 valence electrons. The van der Waals surface area contributed by atoms with Crippen LogP contribution in [0.1, 0.15) is 98.8 Å². The first-order chi connectivity index (χ1) is 28.0. The van der Waals surface area contributed by atoms with E-state index in [1.54, 1.807) is 25.3 Å². The zero-order valence-electron chi connectivity index (χ0n) is 34.3. The first-order valence-corrected chi connectivity index (χ1v) is 22.2. The van der Waals surface area contributed by atoms with Gasteiger partial charge in [-0.25, -0.2) is 18.2 Å². The van der Waals surface area contributed by atoms with Crippen LogP contribution in [0.15, 0.2) is 30.5 Å². The van der Waals surface area contributed by atoms with E-state index < -0.39 is 92.0 Å². The fourth-order valence-corrected chi connectivity index (χ4v) is 9.61. The summed E-state index contributed by atoms with van der Waals surface area (Å²) in [6, 6.07) is 4.43. The highest BCUT2D eigenvalue weighted by Crippen LogP contribution is 2.49. The zero-order chi connectivity index (χ0) is 43.6. The lowest BCUT2D eigenvalue weighted by molar-refractivity contribution is -0.244. The van der Waals surface area contributed by atoms with Gasteiger partial charge in [-0.15, -0.1) is 0 Å². The summed E-state index contributed by atoms with van der Waals surface area (Å²) in [7, 11) is -4.13. The molecule has 1 aromatic carbocycles. The monoisotopic (exact) mass is 865 g/mol. The van der Waals surface area contributed by atoms with Crippen LogP contribution >= 0.6 is 0 Å².